The summed E-state index contributed by atoms with van der Waals surface area (Å²) in [6.07, 6.45) is 1.04. The Kier molecular flexibility index (Phi) is 3.81. The minimum atomic E-state index is -0.418. The van der Waals surface area contributed by atoms with Gasteiger partial charge in [-0.25, -0.2) is 0 Å². The van der Waals surface area contributed by atoms with E-state index in [0.29, 0.717) is 18.4 Å². The summed E-state index contributed by atoms with van der Waals surface area (Å²) in [5.41, 5.74) is 0.156. The van der Waals surface area contributed by atoms with E-state index in [4.69, 9.17) is 4.42 Å². The van der Waals surface area contributed by atoms with Gasteiger partial charge in [0.1, 0.15) is 39.7 Å². The van der Waals surface area contributed by atoms with Crippen molar-refractivity contribution in [2.45, 2.75) is 19.8 Å². The SMILES string of the molecule is CCCc1c(-c2ccc(O)cc2O)oc2cc(O)cc(O)c2c1=O. The first-order valence-corrected chi connectivity index (χ1v) is 7.46. The second-order valence-electron chi connectivity index (χ2n) is 5.53. The molecule has 0 aliphatic rings. The van der Waals surface area contributed by atoms with Crippen molar-refractivity contribution in [1.29, 1.82) is 0 Å². The first-order chi connectivity index (χ1) is 11.4. The van der Waals surface area contributed by atoms with E-state index in [2.05, 4.69) is 0 Å². The van der Waals surface area contributed by atoms with E-state index in [9.17, 15) is 25.2 Å². The highest BCUT2D eigenvalue weighted by Crippen LogP contribution is 2.37. The fourth-order valence-electron chi connectivity index (χ4n) is 2.73. The molecule has 0 aliphatic heterocycles. The molecule has 0 radical (unpaired) electrons. The van der Waals surface area contributed by atoms with Crippen LogP contribution >= 0.6 is 0 Å². The number of benzene rings is 2. The Balaban J connectivity index is 2.42. The van der Waals surface area contributed by atoms with E-state index in [1.165, 1.54) is 18.2 Å². The summed E-state index contributed by atoms with van der Waals surface area (Å²) < 4.78 is 5.73. The molecule has 0 spiro atoms. The van der Waals surface area contributed by atoms with Crippen molar-refractivity contribution < 1.29 is 24.8 Å². The van der Waals surface area contributed by atoms with Crippen molar-refractivity contribution in [2.75, 3.05) is 0 Å². The lowest BCUT2D eigenvalue weighted by atomic mass is 10.00. The molecule has 0 atom stereocenters. The monoisotopic (exact) mass is 328 g/mol. The predicted molar refractivity (Wildman–Crippen MR) is 88.6 cm³/mol. The summed E-state index contributed by atoms with van der Waals surface area (Å²) in [4.78, 5) is 12.8. The van der Waals surface area contributed by atoms with Gasteiger partial charge in [-0.1, -0.05) is 13.3 Å². The van der Waals surface area contributed by atoms with Gasteiger partial charge in [0.25, 0.3) is 0 Å². The van der Waals surface area contributed by atoms with Crippen molar-refractivity contribution in [3.63, 3.8) is 0 Å². The van der Waals surface area contributed by atoms with Crippen LogP contribution in [0.4, 0.5) is 0 Å². The predicted octanol–water partition coefficient (Wildman–Crippen LogP) is 3.23. The number of hydrogen-bond donors (Lipinski definition) is 4. The van der Waals surface area contributed by atoms with Gasteiger partial charge in [0.2, 0.25) is 0 Å². The van der Waals surface area contributed by atoms with Crippen LogP contribution in [-0.2, 0) is 6.42 Å². The van der Waals surface area contributed by atoms with Crippen LogP contribution in [0.5, 0.6) is 23.0 Å². The van der Waals surface area contributed by atoms with E-state index in [0.717, 1.165) is 12.1 Å². The third kappa shape index (κ3) is 2.52. The first kappa shape index (κ1) is 15.7. The quantitative estimate of drug-likeness (QED) is 0.587. The highest BCUT2D eigenvalue weighted by Gasteiger charge is 2.20. The third-order valence-electron chi connectivity index (χ3n) is 3.78. The zero-order chi connectivity index (χ0) is 17.4. The van der Waals surface area contributed by atoms with Crippen molar-refractivity contribution >= 4 is 11.0 Å². The third-order valence-corrected chi connectivity index (χ3v) is 3.78. The maximum atomic E-state index is 12.8. The molecule has 0 bridgehead atoms. The van der Waals surface area contributed by atoms with Crippen molar-refractivity contribution in [3.05, 3.63) is 46.1 Å². The molecule has 0 fully saturated rings. The van der Waals surface area contributed by atoms with Crippen LogP contribution in [0.3, 0.4) is 0 Å². The topological polar surface area (TPSA) is 111 Å². The lowest BCUT2D eigenvalue weighted by Gasteiger charge is -2.12. The summed E-state index contributed by atoms with van der Waals surface area (Å²) in [6, 6.07) is 6.26. The number of aromatic hydroxyl groups is 4. The molecule has 0 saturated heterocycles. The molecule has 24 heavy (non-hydrogen) atoms. The molecule has 0 unspecified atom stereocenters. The largest absolute Gasteiger partial charge is 0.508 e. The van der Waals surface area contributed by atoms with Crippen LogP contribution < -0.4 is 5.43 Å². The molecule has 6 nitrogen and oxygen atoms in total. The van der Waals surface area contributed by atoms with Crippen LogP contribution in [-0.4, -0.2) is 20.4 Å². The summed E-state index contributed by atoms with van der Waals surface area (Å²) in [5.74, 6) is -0.812. The van der Waals surface area contributed by atoms with E-state index < -0.39 is 5.43 Å². The molecule has 1 heterocycles. The van der Waals surface area contributed by atoms with Crippen molar-refractivity contribution in [1.82, 2.24) is 0 Å². The van der Waals surface area contributed by atoms with E-state index in [1.807, 2.05) is 6.92 Å². The Morgan fingerprint density at radius 1 is 0.958 bits per heavy atom. The van der Waals surface area contributed by atoms with Gasteiger partial charge < -0.3 is 24.8 Å². The Morgan fingerprint density at radius 3 is 2.33 bits per heavy atom. The minimum absolute atomic E-state index is 0.0137. The van der Waals surface area contributed by atoms with Crippen LogP contribution in [0.15, 0.2) is 39.5 Å². The van der Waals surface area contributed by atoms with Crippen LogP contribution in [0.2, 0.25) is 0 Å². The zero-order valence-corrected chi connectivity index (χ0v) is 12.9. The van der Waals surface area contributed by atoms with Gasteiger partial charge in [0.15, 0.2) is 5.43 Å². The number of fused-ring (bicyclic) bond motifs is 1. The molecule has 4 N–H and O–H groups in total. The van der Waals surface area contributed by atoms with Gasteiger partial charge in [0, 0.05) is 23.8 Å². The van der Waals surface area contributed by atoms with Gasteiger partial charge in [-0.3, -0.25) is 4.79 Å². The maximum Gasteiger partial charge on any atom is 0.200 e. The molecule has 124 valence electrons. The summed E-state index contributed by atoms with van der Waals surface area (Å²) in [7, 11) is 0. The molecule has 3 aromatic rings. The highest BCUT2D eigenvalue weighted by molar-refractivity contribution is 5.87. The van der Waals surface area contributed by atoms with Gasteiger partial charge >= 0.3 is 0 Å². The molecular weight excluding hydrogens is 312 g/mol. The first-order valence-electron chi connectivity index (χ1n) is 7.46. The molecule has 3 rings (SSSR count). The number of phenols is 4. The Hall–Kier alpha value is -3.15. The fourth-order valence-corrected chi connectivity index (χ4v) is 2.73. The molecule has 6 heteroatoms. The number of rotatable bonds is 3. The molecule has 0 amide bonds. The Bertz CT molecular complexity index is 987. The number of phenolic OH excluding ortho intramolecular Hbond substituents is 4. The molecule has 0 aliphatic carbocycles. The Morgan fingerprint density at radius 2 is 1.67 bits per heavy atom. The van der Waals surface area contributed by atoms with E-state index in [1.54, 1.807) is 0 Å². The number of hydrogen-bond acceptors (Lipinski definition) is 6. The summed E-state index contributed by atoms with van der Waals surface area (Å²) in [5, 5.41) is 39.1. The van der Waals surface area contributed by atoms with Gasteiger partial charge in [-0.15, -0.1) is 0 Å². The summed E-state index contributed by atoms with van der Waals surface area (Å²) >= 11 is 0. The average Bonchev–Trinajstić information content (AvgIpc) is 2.49. The maximum absolute atomic E-state index is 12.8. The highest BCUT2D eigenvalue weighted by atomic mass is 16.3. The van der Waals surface area contributed by atoms with E-state index in [-0.39, 0.29) is 45.3 Å². The van der Waals surface area contributed by atoms with Crippen LogP contribution in [0.25, 0.3) is 22.3 Å². The van der Waals surface area contributed by atoms with E-state index >= 15 is 0 Å². The van der Waals surface area contributed by atoms with Crippen LogP contribution in [0.1, 0.15) is 18.9 Å². The Labute approximate surface area is 136 Å². The van der Waals surface area contributed by atoms with Gasteiger partial charge in [0.05, 0.1) is 5.56 Å². The second-order valence-corrected chi connectivity index (χ2v) is 5.53. The normalized spacial score (nSPS) is 11.0. The molecule has 0 saturated carbocycles. The van der Waals surface area contributed by atoms with Gasteiger partial charge in [-0.2, -0.15) is 0 Å². The molecule has 1 aromatic heterocycles. The fraction of sp³-hybridized carbons (Fsp3) is 0.167. The standard InChI is InChI=1S/C18H16O6/c1-2-3-12-17(23)16-14(22)7-10(20)8-15(16)24-18(12)11-5-4-9(19)6-13(11)21/h4-8,19-22H,2-3H2,1H3. The smallest absolute Gasteiger partial charge is 0.200 e. The lowest BCUT2D eigenvalue weighted by Crippen LogP contribution is -2.11. The lowest BCUT2D eigenvalue weighted by molar-refractivity contribution is 0.449. The average molecular weight is 328 g/mol. The van der Waals surface area contributed by atoms with Gasteiger partial charge in [-0.05, 0) is 18.6 Å². The van der Waals surface area contributed by atoms with Crippen molar-refractivity contribution in [3.8, 4) is 34.3 Å². The summed E-state index contributed by atoms with van der Waals surface area (Å²) in [6.45, 7) is 1.89. The van der Waals surface area contributed by atoms with Crippen LogP contribution in [0, 0.1) is 0 Å². The molecular formula is C18H16O6. The zero-order valence-electron chi connectivity index (χ0n) is 12.9. The second kappa shape index (κ2) is 5.81. The molecule has 2 aromatic carbocycles. The minimum Gasteiger partial charge on any atom is -0.508 e. The van der Waals surface area contributed by atoms with Crippen molar-refractivity contribution in [2.24, 2.45) is 0 Å².